The van der Waals surface area contributed by atoms with Gasteiger partial charge in [0.1, 0.15) is 17.5 Å². The monoisotopic (exact) mass is 549 g/mol. The second-order valence-electron chi connectivity index (χ2n) is 11.5. The lowest BCUT2D eigenvalue weighted by atomic mass is 9.91. The molecule has 6 rings (SSSR count). The molecule has 1 unspecified atom stereocenters. The zero-order chi connectivity index (χ0) is 28.0. The van der Waals surface area contributed by atoms with E-state index in [1.165, 1.54) is 0 Å². The predicted molar refractivity (Wildman–Crippen MR) is 144 cm³/mol. The van der Waals surface area contributed by atoms with Crippen molar-refractivity contribution >= 4 is 40.3 Å². The van der Waals surface area contributed by atoms with E-state index in [9.17, 15) is 24.0 Å². The van der Waals surface area contributed by atoms with Crippen molar-refractivity contribution in [2.24, 2.45) is 17.8 Å². The van der Waals surface area contributed by atoms with Gasteiger partial charge in [-0.1, -0.05) is 12.5 Å². The fraction of sp³-hybridized carbons (Fsp3) is 0.552. The Bertz CT molecular complexity index is 1370. The van der Waals surface area contributed by atoms with Crippen LogP contribution in [-0.2, 0) is 19.2 Å². The number of likely N-dealkylation sites (tertiary alicyclic amines) is 1. The lowest BCUT2D eigenvalue weighted by Gasteiger charge is -2.29. The Morgan fingerprint density at radius 1 is 1.12 bits per heavy atom. The Balaban J connectivity index is 1.25. The van der Waals surface area contributed by atoms with Crippen molar-refractivity contribution < 1.29 is 28.7 Å². The molecule has 3 heterocycles. The number of nitrogens with one attached hydrogen (secondary N) is 4. The highest BCUT2D eigenvalue weighted by atomic mass is 16.5. The van der Waals surface area contributed by atoms with Crippen LogP contribution in [0, 0.1) is 17.8 Å². The first-order valence-electron chi connectivity index (χ1n) is 14.2. The lowest BCUT2D eigenvalue weighted by Crippen LogP contribution is -2.55. The van der Waals surface area contributed by atoms with Gasteiger partial charge in [0.15, 0.2) is 0 Å². The number of methoxy groups -OCH3 is 1. The molecule has 4 fully saturated rings. The van der Waals surface area contributed by atoms with E-state index in [4.69, 9.17) is 4.74 Å². The standard InChI is InChI=1S/C29H35N5O6/c1-40-23-7-3-6-20-19(23)13-22(32-20)29(39)34-14-16-4-2-5-18(16)24(34)27(37)33-21(12-15-10-11-30-26(15)36)25(35)28(38)31-17-8-9-17/h3,6-7,13,15-18,21,24,32H,2,4-5,8-12,14H2,1H3,(H,30,36)(H,31,38)(H,33,37)/t15-,16-,18-,21?,24-/m0/s1. The molecule has 4 amide bonds. The summed E-state index contributed by atoms with van der Waals surface area (Å²) < 4.78 is 5.44. The van der Waals surface area contributed by atoms with Crippen LogP contribution in [0.15, 0.2) is 24.3 Å². The van der Waals surface area contributed by atoms with Crippen molar-refractivity contribution in [3.8, 4) is 5.75 Å². The Morgan fingerprint density at radius 2 is 1.95 bits per heavy atom. The van der Waals surface area contributed by atoms with E-state index < -0.39 is 35.6 Å². The molecule has 11 nitrogen and oxygen atoms in total. The summed E-state index contributed by atoms with van der Waals surface area (Å²) in [6.07, 6.45) is 4.92. The van der Waals surface area contributed by atoms with Crippen LogP contribution >= 0.6 is 0 Å². The van der Waals surface area contributed by atoms with Crippen molar-refractivity contribution in [2.75, 3.05) is 20.2 Å². The summed E-state index contributed by atoms with van der Waals surface area (Å²) in [4.78, 5) is 70.7. The van der Waals surface area contributed by atoms with Crippen molar-refractivity contribution in [3.63, 3.8) is 0 Å². The smallest absolute Gasteiger partial charge is 0.289 e. The van der Waals surface area contributed by atoms with Crippen LogP contribution in [0.1, 0.15) is 55.4 Å². The number of ketones is 1. The molecule has 40 heavy (non-hydrogen) atoms. The van der Waals surface area contributed by atoms with Gasteiger partial charge in [-0.2, -0.15) is 0 Å². The first-order chi connectivity index (χ1) is 19.3. The van der Waals surface area contributed by atoms with Crippen molar-refractivity contribution in [1.29, 1.82) is 0 Å². The first-order valence-corrected chi connectivity index (χ1v) is 14.2. The van der Waals surface area contributed by atoms with Crippen molar-refractivity contribution in [1.82, 2.24) is 25.8 Å². The average molecular weight is 550 g/mol. The largest absolute Gasteiger partial charge is 0.496 e. The number of benzene rings is 1. The van der Waals surface area contributed by atoms with E-state index in [-0.39, 0.29) is 36.1 Å². The fourth-order valence-electron chi connectivity index (χ4n) is 6.71. The topological polar surface area (TPSA) is 150 Å². The third kappa shape index (κ3) is 4.93. The van der Waals surface area contributed by atoms with Crippen LogP contribution < -0.4 is 20.7 Å². The molecule has 2 saturated heterocycles. The molecule has 2 saturated carbocycles. The van der Waals surface area contributed by atoms with Crippen LogP contribution in [0.2, 0.25) is 0 Å². The highest BCUT2D eigenvalue weighted by Crippen LogP contribution is 2.43. The number of fused-ring (bicyclic) bond motifs is 2. The molecule has 0 bridgehead atoms. The van der Waals surface area contributed by atoms with Gasteiger partial charge in [0.05, 0.1) is 13.2 Å². The zero-order valence-corrected chi connectivity index (χ0v) is 22.5. The fourth-order valence-corrected chi connectivity index (χ4v) is 6.71. The van der Waals surface area contributed by atoms with Crippen molar-refractivity contribution in [3.05, 3.63) is 30.0 Å². The quantitative estimate of drug-likeness (QED) is 0.346. The van der Waals surface area contributed by atoms with Gasteiger partial charge in [-0.15, -0.1) is 0 Å². The van der Waals surface area contributed by atoms with E-state index in [0.29, 0.717) is 31.0 Å². The molecule has 0 spiro atoms. The Hall–Kier alpha value is -3.89. The predicted octanol–water partition coefficient (Wildman–Crippen LogP) is 1.28. The van der Waals surface area contributed by atoms with Gasteiger partial charge < -0.3 is 30.6 Å². The molecule has 2 aliphatic heterocycles. The normalized spacial score (nSPS) is 26.3. The minimum Gasteiger partial charge on any atom is -0.496 e. The number of amides is 4. The lowest BCUT2D eigenvalue weighted by molar-refractivity contribution is -0.141. The van der Waals surface area contributed by atoms with E-state index >= 15 is 0 Å². The maximum absolute atomic E-state index is 13.9. The van der Waals surface area contributed by atoms with Crippen LogP contribution in [-0.4, -0.2) is 77.6 Å². The summed E-state index contributed by atoms with van der Waals surface area (Å²) in [5.74, 6) is -2.09. The molecule has 1 aromatic heterocycles. The molecule has 4 N–H and O–H groups in total. The highest BCUT2D eigenvalue weighted by molar-refractivity contribution is 6.38. The maximum Gasteiger partial charge on any atom is 0.289 e. The van der Waals surface area contributed by atoms with Gasteiger partial charge in [0, 0.05) is 36.0 Å². The van der Waals surface area contributed by atoms with E-state index in [0.717, 1.165) is 43.0 Å². The van der Waals surface area contributed by atoms with Gasteiger partial charge in [0.25, 0.3) is 11.8 Å². The third-order valence-corrected chi connectivity index (χ3v) is 8.95. The number of carbonyl (C=O) groups is 5. The molecule has 0 radical (unpaired) electrons. The second kappa shape index (κ2) is 10.6. The summed E-state index contributed by atoms with van der Waals surface area (Å²) in [6, 6.07) is 5.33. The number of hydrogen-bond donors (Lipinski definition) is 4. The van der Waals surface area contributed by atoms with E-state index in [2.05, 4.69) is 20.9 Å². The molecule has 2 aromatic rings. The van der Waals surface area contributed by atoms with Crippen molar-refractivity contribution in [2.45, 2.75) is 63.1 Å². The molecular weight excluding hydrogens is 514 g/mol. The Morgan fingerprint density at radius 3 is 2.67 bits per heavy atom. The number of carbonyl (C=O) groups excluding carboxylic acids is 5. The molecule has 2 aliphatic carbocycles. The number of ether oxygens (including phenoxy) is 1. The molecule has 212 valence electrons. The average Bonchev–Trinajstić information content (AvgIpc) is 3.30. The second-order valence-corrected chi connectivity index (χ2v) is 11.5. The number of aromatic nitrogens is 1. The summed E-state index contributed by atoms with van der Waals surface area (Å²) in [5, 5.41) is 9.05. The maximum atomic E-state index is 13.9. The first kappa shape index (κ1) is 26.3. The zero-order valence-electron chi connectivity index (χ0n) is 22.5. The van der Waals surface area contributed by atoms with Gasteiger partial charge in [-0.3, -0.25) is 24.0 Å². The van der Waals surface area contributed by atoms with Gasteiger partial charge >= 0.3 is 0 Å². The van der Waals surface area contributed by atoms with Gasteiger partial charge in [-0.05, 0) is 68.6 Å². The minimum absolute atomic E-state index is 0.0142. The number of hydrogen-bond acceptors (Lipinski definition) is 6. The summed E-state index contributed by atoms with van der Waals surface area (Å²) in [7, 11) is 1.57. The third-order valence-electron chi connectivity index (χ3n) is 8.95. The number of Topliss-reactive ketones (excluding diaryl/α,β-unsaturated/α-hetero) is 1. The minimum atomic E-state index is -1.14. The van der Waals surface area contributed by atoms with Gasteiger partial charge in [0.2, 0.25) is 17.6 Å². The molecular formula is C29H35N5O6. The van der Waals surface area contributed by atoms with Crippen LogP contribution in [0.5, 0.6) is 5.75 Å². The van der Waals surface area contributed by atoms with Crippen LogP contribution in [0.25, 0.3) is 10.9 Å². The van der Waals surface area contributed by atoms with E-state index in [1.54, 1.807) is 18.1 Å². The summed E-state index contributed by atoms with van der Waals surface area (Å²) in [5.41, 5.74) is 1.11. The summed E-state index contributed by atoms with van der Waals surface area (Å²) >= 11 is 0. The molecule has 1 aromatic carbocycles. The SMILES string of the molecule is COc1cccc2[nH]c(C(=O)N3C[C@@H]4CCC[C@@H]4[C@H]3C(=O)NC(C[C@@H]3CCNC3=O)C(=O)C(=O)NC3CC3)cc12. The highest BCUT2D eigenvalue weighted by Gasteiger charge is 2.50. The Labute approximate surface area is 231 Å². The number of nitrogens with zero attached hydrogens (tertiary/aromatic N) is 1. The molecule has 11 heteroatoms. The number of rotatable bonds is 9. The van der Waals surface area contributed by atoms with E-state index in [1.807, 2.05) is 18.2 Å². The van der Waals surface area contributed by atoms with Crippen LogP contribution in [0.3, 0.4) is 0 Å². The van der Waals surface area contributed by atoms with Crippen LogP contribution in [0.4, 0.5) is 0 Å². The number of aromatic amines is 1. The molecule has 4 aliphatic rings. The molecule has 5 atom stereocenters. The number of H-pyrrole nitrogens is 1. The Kier molecular flexibility index (Phi) is 6.97. The van der Waals surface area contributed by atoms with Gasteiger partial charge in [-0.25, -0.2) is 0 Å². The summed E-state index contributed by atoms with van der Waals surface area (Å²) in [6.45, 7) is 0.941.